The van der Waals surface area contributed by atoms with Gasteiger partial charge >= 0.3 is 0 Å². The molecule has 1 fully saturated rings. The Morgan fingerprint density at radius 2 is 2.38 bits per heavy atom. The van der Waals surface area contributed by atoms with E-state index in [9.17, 15) is 9.90 Å². The first-order chi connectivity index (χ1) is 6.09. The zero-order chi connectivity index (χ0) is 9.84. The van der Waals surface area contributed by atoms with Gasteiger partial charge in [-0.1, -0.05) is 29.5 Å². The first-order valence-electron chi connectivity index (χ1n) is 4.69. The Bertz CT molecular complexity index is 184. The molecule has 0 bridgehead atoms. The summed E-state index contributed by atoms with van der Waals surface area (Å²) >= 11 is 2.29. The van der Waals surface area contributed by atoms with Gasteiger partial charge in [0, 0.05) is 23.4 Å². The van der Waals surface area contributed by atoms with Crippen LogP contribution in [0.15, 0.2) is 0 Å². The zero-order valence-electron chi connectivity index (χ0n) is 7.87. The monoisotopic (exact) mass is 297 g/mol. The molecule has 1 N–H and O–H groups in total. The van der Waals surface area contributed by atoms with E-state index in [2.05, 4.69) is 29.5 Å². The fourth-order valence-electron chi connectivity index (χ4n) is 1.60. The van der Waals surface area contributed by atoms with Gasteiger partial charge in [0.2, 0.25) is 5.91 Å². The van der Waals surface area contributed by atoms with Gasteiger partial charge in [-0.05, 0) is 12.8 Å². The van der Waals surface area contributed by atoms with E-state index in [1.807, 2.05) is 0 Å². The van der Waals surface area contributed by atoms with Crippen LogP contribution in [0.5, 0.6) is 0 Å². The van der Waals surface area contributed by atoms with E-state index in [0.717, 1.165) is 19.4 Å². The van der Waals surface area contributed by atoms with E-state index >= 15 is 0 Å². The number of likely N-dealkylation sites (tertiary alicyclic amines) is 1. The van der Waals surface area contributed by atoms with E-state index in [4.69, 9.17) is 0 Å². The van der Waals surface area contributed by atoms with Crippen molar-refractivity contribution in [3.8, 4) is 0 Å². The minimum Gasteiger partial charge on any atom is -0.391 e. The molecule has 1 saturated heterocycles. The lowest BCUT2D eigenvalue weighted by molar-refractivity contribution is -0.128. The number of halogens is 1. The van der Waals surface area contributed by atoms with Gasteiger partial charge in [0.25, 0.3) is 0 Å². The number of aliphatic hydroxyl groups excluding tert-OH is 1. The third kappa shape index (κ3) is 3.81. The van der Waals surface area contributed by atoms with Gasteiger partial charge in [0.05, 0.1) is 6.10 Å². The number of amides is 1. The number of β-amino-alcohol motifs (C(OH)–C–C–N with tert-alkyl or cyclic N) is 1. The molecule has 0 aromatic rings. The number of carbonyl (C=O) groups is 1. The maximum absolute atomic E-state index is 11.2. The van der Waals surface area contributed by atoms with Crippen molar-refractivity contribution in [3.63, 3.8) is 0 Å². The molecule has 0 saturated carbocycles. The molecule has 76 valence electrons. The van der Waals surface area contributed by atoms with Crippen LogP contribution in [0.3, 0.4) is 0 Å². The molecule has 0 aliphatic carbocycles. The quantitative estimate of drug-likeness (QED) is 0.625. The molecule has 1 heterocycles. The van der Waals surface area contributed by atoms with Crippen LogP contribution in [0.1, 0.15) is 26.2 Å². The lowest BCUT2D eigenvalue weighted by Gasteiger charge is -2.20. The second-order valence-corrected chi connectivity index (χ2v) is 5.74. The van der Waals surface area contributed by atoms with Gasteiger partial charge in [-0.25, -0.2) is 0 Å². The van der Waals surface area contributed by atoms with Gasteiger partial charge in [0.15, 0.2) is 0 Å². The largest absolute Gasteiger partial charge is 0.391 e. The van der Waals surface area contributed by atoms with Crippen LogP contribution in [0.25, 0.3) is 0 Å². The van der Waals surface area contributed by atoms with Crippen LogP contribution in [0, 0.1) is 0 Å². The summed E-state index contributed by atoms with van der Waals surface area (Å²) < 4.78 is 0.463. The lowest BCUT2D eigenvalue weighted by Crippen LogP contribution is -2.34. The minimum atomic E-state index is -0.353. The standard InChI is InChI=1S/C9H16INO2/c1-7(10)5-8(12)6-11-4-2-3-9(11)13/h7-8,12H,2-6H2,1H3. The molecule has 0 aromatic heterocycles. The topological polar surface area (TPSA) is 40.5 Å². The van der Waals surface area contributed by atoms with Crippen LogP contribution >= 0.6 is 22.6 Å². The highest BCUT2D eigenvalue weighted by atomic mass is 127. The number of alkyl halides is 1. The third-order valence-corrected chi connectivity index (χ3v) is 2.71. The van der Waals surface area contributed by atoms with Crippen LogP contribution < -0.4 is 0 Å². The summed E-state index contributed by atoms with van der Waals surface area (Å²) in [6, 6.07) is 0. The number of hydrogen-bond donors (Lipinski definition) is 1. The molecule has 4 heteroatoms. The molecule has 3 nitrogen and oxygen atoms in total. The fourth-order valence-corrected chi connectivity index (χ4v) is 2.19. The molecular weight excluding hydrogens is 281 g/mol. The molecule has 1 aliphatic heterocycles. The van der Waals surface area contributed by atoms with Crippen molar-refractivity contribution in [3.05, 3.63) is 0 Å². The highest BCUT2D eigenvalue weighted by Gasteiger charge is 2.22. The highest BCUT2D eigenvalue weighted by Crippen LogP contribution is 2.13. The van der Waals surface area contributed by atoms with Gasteiger partial charge in [-0.15, -0.1) is 0 Å². The number of carbonyl (C=O) groups excluding carboxylic acids is 1. The van der Waals surface area contributed by atoms with E-state index in [0.29, 0.717) is 16.9 Å². The van der Waals surface area contributed by atoms with E-state index in [-0.39, 0.29) is 12.0 Å². The number of hydrogen-bond acceptors (Lipinski definition) is 2. The van der Waals surface area contributed by atoms with Gasteiger partial charge in [-0.2, -0.15) is 0 Å². The van der Waals surface area contributed by atoms with Crippen LogP contribution in [0.2, 0.25) is 0 Å². The lowest BCUT2D eigenvalue weighted by atomic mass is 10.2. The second kappa shape index (κ2) is 5.14. The van der Waals surface area contributed by atoms with Crippen LogP contribution in [-0.4, -0.2) is 39.0 Å². The average Bonchev–Trinajstić information content (AvgIpc) is 2.34. The molecule has 0 radical (unpaired) electrons. The minimum absolute atomic E-state index is 0.195. The van der Waals surface area contributed by atoms with Gasteiger partial charge < -0.3 is 10.0 Å². The maximum atomic E-state index is 11.2. The summed E-state index contributed by atoms with van der Waals surface area (Å²) in [5, 5.41) is 9.60. The van der Waals surface area contributed by atoms with Crippen molar-refractivity contribution in [2.45, 2.75) is 36.2 Å². The number of nitrogens with zero attached hydrogens (tertiary/aromatic N) is 1. The first kappa shape index (κ1) is 11.2. The van der Waals surface area contributed by atoms with E-state index in [1.54, 1.807) is 4.90 Å². The van der Waals surface area contributed by atoms with Crippen molar-refractivity contribution < 1.29 is 9.90 Å². The molecule has 1 aliphatic rings. The highest BCUT2D eigenvalue weighted by molar-refractivity contribution is 14.1. The Kier molecular flexibility index (Phi) is 4.45. The Morgan fingerprint density at radius 1 is 1.69 bits per heavy atom. The van der Waals surface area contributed by atoms with Crippen molar-refractivity contribution in [1.82, 2.24) is 4.90 Å². The van der Waals surface area contributed by atoms with Gasteiger partial charge in [-0.3, -0.25) is 4.79 Å². The molecule has 2 unspecified atom stereocenters. The summed E-state index contributed by atoms with van der Waals surface area (Å²) in [7, 11) is 0. The number of aliphatic hydroxyl groups is 1. The normalized spacial score (nSPS) is 22.1. The molecule has 0 aromatic carbocycles. The average molecular weight is 297 g/mol. The summed E-state index contributed by atoms with van der Waals surface area (Å²) in [5.74, 6) is 0.195. The van der Waals surface area contributed by atoms with Crippen molar-refractivity contribution in [1.29, 1.82) is 0 Å². The van der Waals surface area contributed by atoms with E-state index in [1.165, 1.54) is 0 Å². The number of rotatable bonds is 4. The predicted octanol–water partition coefficient (Wildman–Crippen LogP) is 1.18. The summed E-state index contributed by atoms with van der Waals surface area (Å²) in [5.41, 5.74) is 0. The zero-order valence-corrected chi connectivity index (χ0v) is 10.0. The third-order valence-electron chi connectivity index (χ3n) is 2.20. The molecule has 1 amide bonds. The van der Waals surface area contributed by atoms with Crippen molar-refractivity contribution >= 4 is 28.5 Å². The Hall–Kier alpha value is 0.160. The summed E-state index contributed by atoms with van der Waals surface area (Å²) in [6.07, 6.45) is 2.02. The molecule has 1 rings (SSSR count). The maximum Gasteiger partial charge on any atom is 0.222 e. The summed E-state index contributed by atoms with van der Waals surface area (Å²) in [4.78, 5) is 13.0. The predicted molar refractivity (Wildman–Crippen MR) is 59.9 cm³/mol. The second-order valence-electron chi connectivity index (χ2n) is 3.61. The van der Waals surface area contributed by atoms with Crippen molar-refractivity contribution in [2.24, 2.45) is 0 Å². The first-order valence-corrected chi connectivity index (χ1v) is 5.94. The molecule has 0 spiro atoms. The van der Waals surface area contributed by atoms with E-state index < -0.39 is 0 Å². The molecule has 2 atom stereocenters. The SMILES string of the molecule is CC(I)CC(O)CN1CCCC1=O. The van der Waals surface area contributed by atoms with Crippen LogP contribution in [-0.2, 0) is 4.79 Å². The molecule has 13 heavy (non-hydrogen) atoms. The molecular formula is C9H16INO2. The Morgan fingerprint density at radius 3 is 2.85 bits per heavy atom. The Balaban J connectivity index is 2.27. The fraction of sp³-hybridized carbons (Fsp3) is 0.889. The smallest absolute Gasteiger partial charge is 0.222 e. The summed E-state index contributed by atoms with van der Waals surface area (Å²) in [6.45, 7) is 3.41. The van der Waals surface area contributed by atoms with Gasteiger partial charge in [0.1, 0.15) is 0 Å². The Labute approximate surface area is 92.6 Å². The van der Waals surface area contributed by atoms with Crippen LogP contribution in [0.4, 0.5) is 0 Å². The van der Waals surface area contributed by atoms with Crippen molar-refractivity contribution in [2.75, 3.05) is 13.1 Å².